The zero-order chi connectivity index (χ0) is 21.8. The minimum absolute atomic E-state index is 0.190. The third-order valence-corrected chi connectivity index (χ3v) is 4.94. The molecule has 1 heterocycles. The first kappa shape index (κ1) is 22.7. The molecule has 0 radical (unpaired) electrons. The number of likely N-dealkylation sites (tertiary alicyclic amines) is 1. The lowest BCUT2D eigenvalue weighted by atomic mass is 10.1. The molecule has 9 heteroatoms. The quantitative estimate of drug-likeness (QED) is 0.481. The fourth-order valence-electron chi connectivity index (χ4n) is 3.47. The standard InChI is InChI=1S/C20H31N3O6/c1-6-13-11-20(13,17(26)28-7-2)22-16(25)14-9-8-10-23(14)15(24)12-21-18(27)29-19(3,4)5/h6,13-14H,1,7-12H2,2-5H3,(H,21,27)(H,22,25)/t13?,14?,20-/m1/s1. The number of carbonyl (C=O) groups excluding carboxylic acids is 4. The highest BCUT2D eigenvalue weighted by Crippen LogP contribution is 2.45. The van der Waals surface area contributed by atoms with Crippen LogP contribution < -0.4 is 10.6 Å². The Morgan fingerprint density at radius 1 is 1.28 bits per heavy atom. The van der Waals surface area contributed by atoms with Crippen LogP contribution in [0.4, 0.5) is 4.79 Å². The minimum atomic E-state index is -1.10. The molecule has 0 spiro atoms. The Bertz CT molecular complexity index is 686. The lowest BCUT2D eigenvalue weighted by Crippen LogP contribution is -2.54. The third-order valence-electron chi connectivity index (χ3n) is 4.94. The normalized spacial score (nSPS) is 25.7. The molecule has 1 saturated heterocycles. The summed E-state index contributed by atoms with van der Waals surface area (Å²) in [5.74, 6) is -1.45. The molecular formula is C20H31N3O6. The van der Waals surface area contributed by atoms with Crippen LogP contribution in [0.5, 0.6) is 0 Å². The molecule has 0 aromatic rings. The number of hydrogen-bond acceptors (Lipinski definition) is 6. The van der Waals surface area contributed by atoms with E-state index in [1.165, 1.54) is 4.90 Å². The molecule has 9 nitrogen and oxygen atoms in total. The van der Waals surface area contributed by atoms with Crippen molar-refractivity contribution in [3.63, 3.8) is 0 Å². The number of nitrogens with zero attached hydrogens (tertiary/aromatic N) is 1. The maximum absolute atomic E-state index is 12.9. The van der Waals surface area contributed by atoms with Crippen molar-refractivity contribution in [2.45, 2.75) is 64.1 Å². The highest BCUT2D eigenvalue weighted by Gasteiger charge is 2.61. The first-order chi connectivity index (χ1) is 13.5. The molecule has 2 aliphatic rings. The summed E-state index contributed by atoms with van der Waals surface area (Å²) in [5, 5.41) is 5.20. The Hall–Kier alpha value is -2.58. The van der Waals surface area contributed by atoms with E-state index < -0.39 is 35.2 Å². The molecule has 0 bridgehead atoms. The van der Waals surface area contributed by atoms with Gasteiger partial charge in [-0.3, -0.25) is 9.59 Å². The zero-order valence-corrected chi connectivity index (χ0v) is 17.6. The maximum atomic E-state index is 12.9. The molecule has 1 aliphatic carbocycles. The van der Waals surface area contributed by atoms with Crippen molar-refractivity contribution in [1.29, 1.82) is 0 Å². The van der Waals surface area contributed by atoms with Crippen LogP contribution in [0, 0.1) is 5.92 Å². The largest absolute Gasteiger partial charge is 0.464 e. The lowest BCUT2D eigenvalue weighted by Gasteiger charge is -2.27. The van der Waals surface area contributed by atoms with E-state index in [1.807, 2.05) is 0 Å². The molecule has 0 aromatic heterocycles. The van der Waals surface area contributed by atoms with Crippen molar-refractivity contribution in [1.82, 2.24) is 15.5 Å². The molecule has 2 unspecified atom stereocenters. The van der Waals surface area contributed by atoms with Gasteiger partial charge in [0.2, 0.25) is 11.8 Å². The topological polar surface area (TPSA) is 114 Å². The average Bonchev–Trinajstić information content (AvgIpc) is 3.11. The van der Waals surface area contributed by atoms with Gasteiger partial charge in [0.25, 0.3) is 0 Å². The summed E-state index contributed by atoms with van der Waals surface area (Å²) in [6.45, 7) is 10.9. The first-order valence-corrected chi connectivity index (χ1v) is 9.92. The number of hydrogen-bond donors (Lipinski definition) is 2. The van der Waals surface area contributed by atoms with Gasteiger partial charge in [-0.1, -0.05) is 6.08 Å². The summed E-state index contributed by atoms with van der Waals surface area (Å²) in [4.78, 5) is 50.9. The van der Waals surface area contributed by atoms with E-state index in [2.05, 4.69) is 17.2 Å². The predicted octanol–water partition coefficient (Wildman–Crippen LogP) is 1.13. The molecule has 3 atom stereocenters. The van der Waals surface area contributed by atoms with Crippen LogP contribution in [0.3, 0.4) is 0 Å². The molecule has 1 aliphatic heterocycles. The third kappa shape index (κ3) is 5.48. The van der Waals surface area contributed by atoms with Gasteiger partial charge in [0.1, 0.15) is 23.7 Å². The Labute approximate surface area is 171 Å². The Morgan fingerprint density at radius 3 is 2.52 bits per heavy atom. The summed E-state index contributed by atoms with van der Waals surface area (Å²) >= 11 is 0. The number of nitrogens with one attached hydrogen (secondary N) is 2. The van der Waals surface area contributed by atoms with Crippen LogP contribution in [0.25, 0.3) is 0 Å². The number of alkyl carbamates (subject to hydrolysis) is 1. The van der Waals surface area contributed by atoms with Gasteiger partial charge in [-0.2, -0.15) is 0 Å². The molecule has 29 heavy (non-hydrogen) atoms. The maximum Gasteiger partial charge on any atom is 0.408 e. The Balaban J connectivity index is 1.96. The van der Waals surface area contributed by atoms with E-state index >= 15 is 0 Å². The number of carbonyl (C=O) groups is 4. The molecule has 2 N–H and O–H groups in total. The predicted molar refractivity (Wildman–Crippen MR) is 105 cm³/mol. The van der Waals surface area contributed by atoms with Gasteiger partial charge >= 0.3 is 12.1 Å². The number of rotatable bonds is 7. The van der Waals surface area contributed by atoms with Crippen LogP contribution in [0.2, 0.25) is 0 Å². The number of esters is 1. The molecule has 2 fully saturated rings. The molecule has 0 aromatic carbocycles. The van der Waals surface area contributed by atoms with E-state index in [0.29, 0.717) is 25.8 Å². The second kappa shape index (κ2) is 8.84. The van der Waals surface area contributed by atoms with E-state index in [-0.39, 0.29) is 25.0 Å². The van der Waals surface area contributed by atoms with Crippen molar-refractivity contribution >= 4 is 23.9 Å². The van der Waals surface area contributed by atoms with E-state index in [0.717, 1.165) is 0 Å². The van der Waals surface area contributed by atoms with Crippen LogP contribution in [0.15, 0.2) is 12.7 Å². The fraction of sp³-hybridized carbons (Fsp3) is 0.700. The van der Waals surface area contributed by atoms with E-state index in [4.69, 9.17) is 9.47 Å². The van der Waals surface area contributed by atoms with Gasteiger partial charge in [-0.05, 0) is 47.0 Å². The highest BCUT2D eigenvalue weighted by atomic mass is 16.6. The lowest BCUT2D eigenvalue weighted by molar-refractivity contribution is -0.150. The fourth-order valence-corrected chi connectivity index (χ4v) is 3.47. The molecule has 3 amide bonds. The Morgan fingerprint density at radius 2 is 1.97 bits per heavy atom. The number of ether oxygens (including phenoxy) is 2. The molecule has 162 valence electrons. The summed E-state index contributed by atoms with van der Waals surface area (Å²) < 4.78 is 10.2. The van der Waals surface area contributed by atoms with Crippen molar-refractivity contribution in [2.75, 3.05) is 19.7 Å². The second-order valence-electron chi connectivity index (χ2n) is 8.33. The summed E-state index contributed by atoms with van der Waals surface area (Å²) in [7, 11) is 0. The summed E-state index contributed by atoms with van der Waals surface area (Å²) in [5.41, 5.74) is -1.77. The van der Waals surface area contributed by atoms with E-state index in [1.54, 1.807) is 33.8 Å². The molecule has 1 saturated carbocycles. The smallest absolute Gasteiger partial charge is 0.408 e. The monoisotopic (exact) mass is 409 g/mol. The van der Waals surface area contributed by atoms with Crippen molar-refractivity contribution in [2.24, 2.45) is 5.92 Å². The second-order valence-corrected chi connectivity index (χ2v) is 8.33. The SMILES string of the molecule is C=CC1C[C@]1(NC(=O)C1CCCN1C(=O)CNC(=O)OC(C)(C)C)C(=O)OCC. The van der Waals surface area contributed by atoms with Crippen molar-refractivity contribution in [3.05, 3.63) is 12.7 Å². The zero-order valence-electron chi connectivity index (χ0n) is 17.6. The van der Waals surface area contributed by atoms with Gasteiger partial charge in [0.05, 0.1) is 6.61 Å². The van der Waals surface area contributed by atoms with Crippen LogP contribution in [-0.4, -0.2) is 65.7 Å². The summed E-state index contributed by atoms with van der Waals surface area (Å²) in [6.07, 6.45) is 2.51. The van der Waals surface area contributed by atoms with Crippen molar-refractivity contribution in [3.8, 4) is 0 Å². The average molecular weight is 409 g/mol. The van der Waals surface area contributed by atoms with E-state index in [9.17, 15) is 19.2 Å². The van der Waals surface area contributed by atoms with Gasteiger partial charge in [0, 0.05) is 12.5 Å². The van der Waals surface area contributed by atoms with Gasteiger partial charge in [0.15, 0.2) is 0 Å². The first-order valence-electron chi connectivity index (χ1n) is 9.92. The Kier molecular flexibility index (Phi) is 6.92. The van der Waals surface area contributed by atoms with Gasteiger partial charge in [-0.15, -0.1) is 6.58 Å². The van der Waals surface area contributed by atoms with Crippen LogP contribution in [0.1, 0.15) is 47.0 Å². The molecule has 2 rings (SSSR count). The van der Waals surface area contributed by atoms with Gasteiger partial charge < -0.3 is 25.0 Å². The van der Waals surface area contributed by atoms with Crippen LogP contribution >= 0.6 is 0 Å². The van der Waals surface area contributed by atoms with Crippen molar-refractivity contribution < 1.29 is 28.7 Å². The highest BCUT2D eigenvalue weighted by molar-refractivity contribution is 5.95. The number of amides is 3. The van der Waals surface area contributed by atoms with Gasteiger partial charge in [-0.25, -0.2) is 9.59 Å². The van der Waals surface area contributed by atoms with Crippen LogP contribution in [-0.2, 0) is 23.9 Å². The summed E-state index contributed by atoms with van der Waals surface area (Å²) in [6, 6.07) is -0.694. The molecular weight excluding hydrogens is 378 g/mol. The minimum Gasteiger partial charge on any atom is -0.464 e.